The number of aryl methyl sites for hydroxylation is 1. The molecule has 3 heterocycles. The van der Waals surface area contributed by atoms with Crippen LogP contribution in [-0.2, 0) is 14.3 Å². The van der Waals surface area contributed by atoms with E-state index in [1.807, 2.05) is 31.2 Å². The summed E-state index contributed by atoms with van der Waals surface area (Å²) in [5.74, 6) is -1.12. The molecule has 0 radical (unpaired) electrons. The van der Waals surface area contributed by atoms with Crippen molar-refractivity contribution in [2.24, 2.45) is 11.8 Å². The molecule has 2 saturated heterocycles. The highest BCUT2D eigenvalue weighted by Gasteiger charge is 2.63. The van der Waals surface area contributed by atoms with Gasteiger partial charge in [-0.05, 0) is 31.9 Å². The minimum atomic E-state index is -0.692. The normalized spacial score (nSPS) is 33.3. The lowest BCUT2D eigenvalue weighted by Gasteiger charge is -2.16. The fraction of sp³-hybridized carbons (Fsp3) is 0.421. The van der Waals surface area contributed by atoms with E-state index < -0.39 is 5.92 Å². The average Bonchev–Trinajstić information content (AvgIpc) is 3.33. The van der Waals surface area contributed by atoms with Crippen LogP contribution in [0.3, 0.4) is 0 Å². The summed E-state index contributed by atoms with van der Waals surface area (Å²) < 4.78 is 6.82. The molecule has 2 bridgehead atoms. The number of fused-ring (bicyclic) bond motifs is 5. The van der Waals surface area contributed by atoms with Crippen molar-refractivity contribution >= 4 is 38.8 Å². The van der Waals surface area contributed by atoms with Crippen LogP contribution in [-0.4, -0.2) is 28.8 Å². The van der Waals surface area contributed by atoms with Crippen LogP contribution in [0, 0.1) is 18.8 Å². The van der Waals surface area contributed by atoms with Crippen LogP contribution in [0.4, 0.5) is 0 Å². The number of hydrogen-bond acceptors (Lipinski definition) is 5. The minimum absolute atomic E-state index is 0.0259. The number of aromatic nitrogens is 1. The Labute approximate surface area is 157 Å². The van der Waals surface area contributed by atoms with Gasteiger partial charge >= 0.3 is 0 Å². The van der Waals surface area contributed by atoms with Gasteiger partial charge in [0, 0.05) is 14.9 Å². The zero-order chi connectivity index (χ0) is 17.3. The zero-order valence-electron chi connectivity index (χ0n) is 13.6. The zero-order valence-corrected chi connectivity index (χ0v) is 16.0. The molecular formula is C19H16BrNO3S. The number of Topliss-reactive ketones (excluding diaryl/α,β-unsaturated/α-hetero) is 2. The molecule has 1 saturated carbocycles. The van der Waals surface area contributed by atoms with E-state index in [1.54, 1.807) is 11.3 Å². The van der Waals surface area contributed by atoms with Crippen molar-refractivity contribution in [3.63, 3.8) is 0 Å². The van der Waals surface area contributed by atoms with E-state index in [-0.39, 0.29) is 35.6 Å². The van der Waals surface area contributed by atoms with Gasteiger partial charge in [0.05, 0.1) is 29.7 Å². The van der Waals surface area contributed by atoms with Gasteiger partial charge in [-0.2, -0.15) is 0 Å². The van der Waals surface area contributed by atoms with Gasteiger partial charge in [0.15, 0.2) is 11.6 Å². The number of nitrogens with zero attached hydrogens (tertiary/aromatic N) is 1. The van der Waals surface area contributed by atoms with E-state index in [0.717, 1.165) is 32.8 Å². The minimum Gasteiger partial charge on any atom is -0.373 e. The van der Waals surface area contributed by atoms with Gasteiger partial charge in [-0.25, -0.2) is 4.98 Å². The maximum atomic E-state index is 13.0. The predicted octanol–water partition coefficient (Wildman–Crippen LogP) is 3.91. The first-order valence-electron chi connectivity index (χ1n) is 8.51. The molecule has 128 valence electrons. The van der Waals surface area contributed by atoms with Crippen LogP contribution >= 0.6 is 27.3 Å². The molecule has 0 amide bonds. The third-order valence-corrected chi connectivity index (χ3v) is 7.26. The number of ether oxygens (including phenoxy) is 1. The molecule has 3 unspecified atom stereocenters. The van der Waals surface area contributed by atoms with E-state index in [1.165, 1.54) is 0 Å². The number of carbonyl (C=O) groups excluding carboxylic acids is 2. The maximum absolute atomic E-state index is 13.0. The van der Waals surface area contributed by atoms with Crippen LogP contribution in [0.25, 0.3) is 10.6 Å². The van der Waals surface area contributed by atoms with Crippen molar-refractivity contribution in [3.05, 3.63) is 39.3 Å². The fourth-order valence-electron chi connectivity index (χ4n) is 4.59. The van der Waals surface area contributed by atoms with Crippen molar-refractivity contribution in [2.75, 3.05) is 0 Å². The van der Waals surface area contributed by atoms with E-state index in [4.69, 9.17) is 9.72 Å². The molecule has 1 aromatic carbocycles. The van der Waals surface area contributed by atoms with Crippen molar-refractivity contribution in [1.82, 2.24) is 4.98 Å². The average molecular weight is 418 g/mol. The van der Waals surface area contributed by atoms with Crippen LogP contribution in [0.15, 0.2) is 28.7 Å². The number of benzene rings is 1. The Balaban J connectivity index is 1.53. The summed E-state index contributed by atoms with van der Waals surface area (Å²) in [6.07, 6.45) is 1.69. The Morgan fingerprint density at radius 2 is 1.68 bits per heavy atom. The smallest absolute Gasteiger partial charge is 0.155 e. The van der Waals surface area contributed by atoms with Gasteiger partial charge in [0.1, 0.15) is 10.9 Å². The molecule has 1 aliphatic carbocycles. The topological polar surface area (TPSA) is 56.3 Å². The fourth-order valence-corrected chi connectivity index (χ4v) is 5.81. The summed E-state index contributed by atoms with van der Waals surface area (Å²) in [6, 6.07) is 7.93. The Morgan fingerprint density at radius 1 is 1.08 bits per heavy atom. The Morgan fingerprint density at radius 3 is 2.28 bits per heavy atom. The van der Waals surface area contributed by atoms with Crippen LogP contribution in [0.2, 0.25) is 0 Å². The molecule has 0 spiro atoms. The molecule has 5 rings (SSSR count). The molecule has 5 atom stereocenters. The van der Waals surface area contributed by atoms with Crippen molar-refractivity contribution < 1.29 is 14.3 Å². The van der Waals surface area contributed by atoms with Gasteiger partial charge in [-0.15, -0.1) is 11.3 Å². The number of ketones is 2. The Hall–Kier alpha value is -1.37. The number of carbonyl (C=O) groups is 2. The summed E-state index contributed by atoms with van der Waals surface area (Å²) in [6.45, 7) is 1.95. The van der Waals surface area contributed by atoms with Crippen LogP contribution < -0.4 is 0 Å². The second kappa shape index (κ2) is 5.56. The van der Waals surface area contributed by atoms with Crippen LogP contribution in [0.5, 0.6) is 0 Å². The molecule has 2 aromatic rings. The van der Waals surface area contributed by atoms with Gasteiger partial charge in [-0.1, -0.05) is 28.1 Å². The largest absolute Gasteiger partial charge is 0.373 e. The molecule has 4 nitrogen and oxygen atoms in total. The summed E-state index contributed by atoms with van der Waals surface area (Å²) in [7, 11) is 0. The highest BCUT2D eigenvalue weighted by atomic mass is 79.9. The number of rotatable bonds is 2. The number of hydrogen-bond donors (Lipinski definition) is 0. The number of thiazole rings is 1. The Kier molecular flexibility index (Phi) is 3.53. The standard InChI is InChI=1S/C19H16BrNO3S/c1-8-16(21-19(25-8)9-2-4-10(20)5-3-9)15-17(22)13-11-6-7-12(24-11)14(13)18(15)23/h2-5,11-15H,6-7H2,1H3/t11?,12?,13-,14+,15?. The van der Waals surface area contributed by atoms with E-state index in [0.29, 0.717) is 5.69 Å². The first-order valence-corrected chi connectivity index (χ1v) is 10.1. The molecule has 1 aromatic heterocycles. The van der Waals surface area contributed by atoms with E-state index >= 15 is 0 Å². The highest BCUT2D eigenvalue weighted by Crippen LogP contribution is 2.52. The van der Waals surface area contributed by atoms with Crippen molar-refractivity contribution in [1.29, 1.82) is 0 Å². The van der Waals surface area contributed by atoms with Gasteiger partial charge in [-0.3, -0.25) is 9.59 Å². The molecule has 25 heavy (non-hydrogen) atoms. The van der Waals surface area contributed by atoms with Crippen molar-refractivity contribution in [3.8, 4) is 10.6 Å². The lowest BCUT2D eigenvalue weighted by atomic mass is 9.81. The second-order valence-electron chi connectivity index (χ2n) is 7.05. The maximum Gasteiger partial charge on any atom is 0.155 e. The monoisotopic (exact) mass is 417 g/mol. The van der Waals surface area contributed by atoms with Crippen LogP contribution in [0.1, 0.15) is 29.3 Å². The Bertz CT molecular complexity index is 863. The summed E-state index contributed by atoms with van der Waals surface area (Å²) in [5.41, 5.74) is 1.66. The molecule has 6 heteroatoms. The quantitative estimate of drug-likeness (QED) is 0.694. The molecule has 3 fully saturated rings. The third-order valence-electron chi connectivity index (χ3n) is 5.70. The molecule has 3 aliphatic rings. The predicted molar refractivity (Wildman–Crippen MR) is 97.6 cm³/mol. The molecule has 2 aliphatic heterocycles. The lowest BCUT2D eigenvalue weighted by molar-refractivity contribution is -0.127. The van der Waals surface area contributed by atoms with E-state index in [9.17, 15) is 9.59 Å². The third kappa shape index (κ3) is 2.24. The van der Waals surface area contributed by atoms with Gasteiger partial charge < -0.3 is 4.74 Å². The van der Waals surface area contributed by atoms with E-state index in [2.05, 4.69) is 15.9 Å². The molecule has 0 N–H and O–H groups in total. The second-order valence-corrected chi connectivity index (χ2v) is 9.17. The first-order chi connectivity index (χ1) is 12.0. The summed E-state index contributed by atoms with van der Waals surface area (Å²) >= 11 is 4.98. The highest BCUT2D eigenvalue weighted by molar-refractivity contribution is 9.10. The van der Waals surface area contributed by atoms with Gasteiger partial charge in [0.25, 0.3) is 0 Å². The molecular weight excluding hydrogens is 402 g/mol. The SMILES string of the molecule is Cc1sc(-c2ccc(Br)cc2)nc1C1C(=O)[C@@H]2C3CCC(O3)[C@@H]2C1=O. The summed E-state index contributed by atoms with van der Waals surface area (Å²) in [5, 5.41) is 0.858. The lowest BCUT2D eigenvalue weighted by Crippen LogP contribution is -2.29. The van der Waals surface area contributed by atoms with Gasteiger partial charge in [0.2, 0.25) is 0 Å². The van der Waals surface area contributed by atoms with Crippen molar-refractivity contribution in [2.45, 2.75) is 37.9 Å². The summed E-state index contributed by atoms with van der Waals surface area (Å²) in [4.78, 5) is 31.6. The number of halogens is 1. The first kappa shape index (κ1) is 15.9.